The van der Waals surface area contributed by atoms with Gasteiger partial charge in [0.1, 0.15) is 0 Å². The maximum atomic E-state index is 9.95. The van der Waals surface area contributed by atoms with E-state index in [-0.39, 0.29) is 13.2 Å². The quantitative estimate of drug-likeness (QED) is 0.867. The number of benzene rings is 2. The third-order valence-electron chi connectivity index (χ3n) is 3.87. The first-order valence-electron chi connectivity index (χ1n) is 7.04. The van der Waals surface area contributed by atoms with Gasteiger partial charge in [-0.05, 0) is 43.5 Å². The zero-order chi connectivity index (χ0) is 15.5. The average molecular weight is 349 g/mol. The van der Waals surface area contributed by atoms with E-state index < -0.39 is 5.41 Å². The molecular weight excluding hydrogens is 328 g/mol. The van der Waals surface area contributed by atoms with Gasteiger partial charge in [-0.15, -0.1) is 0 Å². The normalized spacial score (nSPS) is 11.7. The molecule has 0 aliphatic heterocycles. The van der Waals surface area contributed by atoms with Crippen LogP contribution < -0.4 is 0 Å². The first-order chi connectivity index (χ1) is 9.99. The van der Waals surface area contributed by atoms with Crippen molar-refractivity contribution >= 4 is 15.9 Å². The second-order valence-corrected chi connectivity index (χ2v) is 6.70. The van der Waals surface area contributed by atoms with Gasteiger partial charge in [0.25, 0.3) is 0 Å². The number of hydrogen-bond acceptors (Lipinski definition) is 2. The highest BCUT2D eigenvalue weighted by molar-refractivity contribution is 9.10. The molecule has 0 radical (unpaired) electrons. The Morgan fingerprint density at radius 1 is 0.952 bits per heavy atom. The second kappa shape index (κ2) is 6.73. The van der Waals surface area contributed by atoms with E-state index in [0.717, 1.165) is 15.6 Å². The van der Waals surface area contributed by atoms with Crippen LogP contribution in [0.2, 0.25) is 0 Å². The molecule has 2 aromatic rings. The Morgan fingerprint density at radius 2 is 1.57 bits per heavy atom. The molecule has 0 heterocycles. The molecule has 0 aliphatic rings. The van der Waals surface area contributed by atoms with Crippen molar-refractivity contribution < 1.29 is 10.2 Å². The van der Waals surface area contributed by atoms with Gasteiger partial charge >= 0.3 is 0 Å². The highest BCUT2D eigenvalue weighted by atomic mass is 79.9. The molecule has 0 amide bonds. The summed E-state index contributed by atoms with van der Waals surface area (Å²) in [6.07, 6.45) is 0.610. The highest BCUT2D eigenvalue weighted by Gasteiger charge is 2.31. The van der Waals surface area contributed by atoms with E-state index in [1.54, 1.807) is 0 Å². The van der Waals surface area contributed by atoms with Crippen LogP contribution in [0, 0.1) is 13.8 Å². The Morgan fingerprint density at radius 3 is 2.10 bits per heavy atom. The summed E-state index contributed by atoms with van der Waals surface area (Å²) < 4.78 is 0.951. The van der Waals surface area contributed by atoms with Crippen LogP contribution in [-0.2, 0) is 11.8 Å². The number of aryl methyl sites for hydroxylation is 2. The van der Waals surface area contributed by atoms with E-state index in [4.69, 9.17) is 0 Å². The van der Waals surface area contributed by atoms with Gasteiger partial charge < -0.3 is 10.2 Å². The summed E-state index contributed by atoms with van der Waals surface area (Å²) in [5.74, 6) is 0. The van der Waals surface area contributed by atoms with Crippen LogP contribution in [0.3, 0.4) is 0 Å². The Hall–Kier alpha value is -1.16. The monoisotopic (exact) mass is 348 g/mol. The Kier molecular flexibility index (Phi) is 5.20. The van der Waals surface area contributed by atoms with Gasteiger partial charge in [-0.25, -0.2) is 0 Å². The lowest BCUT2D eigenvalue weighted by Crippen LogP contribution is -2.37. The first-order valence-corrected chi connectivity index (χ1v) is 7.83. The van der Waals surface area contributed by atoms with Gasteiger partial charge in [0, 0.05) is 9.89 Å². The third kappa shape index (κ3) is 3.73. The molecule has 0 spiro atoms. The summed E-state index contributed by atoms with van der Waals surface area (Å²) in [6, 6.07) is 14.2. The van der Waals surface area contributed by atoms with E-state index in [1.165, 1.54) is 11.1 Å². The van der Waals surface area contributed by atoms with Crippen molar-refractivity contribution in [3.63, 3.8) is 0 Å². The van der Waals surface area contributed by atoms with Gasteiger partial charge in [-0.2, -0.15) is 0 Å². The zero-order valence-corrected chi connectivity index (χ0v) is 14.0. The predicted octanol–water partition coefficient (Wildman–Crippen LogP) is 3.53. The summed E-state index contributed by atoms with van der Waals surface area (Å²) in [5, 5.41) is 19.9. The summed E-state index contributed by atoms with van der Waals surface area (Å²) >= 11 is 3.46. The van der Waals surface area contributed by atoms with Crippen LogP contribution in [0.4, 0.5) is 0 Å². The van der Waals surface area contributed by atoms with Crippen LogP contribution in [0.25, 0.3) is 0 Å². The zero-order valence-electron chi connectivity index (χ0n) is 12.4. The first kappa shape index (κ1) is 16.2. The lowest BCUT2D eigenvalue weighted by Gasteiger charge is -2.31. The summed E-state index contributed by atoms with van der Waals surface area (Å²) in [5.41, 5.74) is 3.81. The fraction of sp³-hybridized carbons (Fsp3) is 0.333. The molecule has 0 unspecified atom stereocenters. The molecule has 2 rings (SSSR count). The maximum absolute atomic E-state index is 9.95. The van der Waals surface area contributed by atoms with Crippen LogP contribution in [0.5, 0.6) is 0 Å². The van der Waals surface area contributed by atoms with Gasteiger partial charge in [-0.3, -0.25) is 0 Å². The van der Waals surface area contributed by atoms with Crippen molar-refractivity contribution in [3.8, 4) is 0 Å². The minimum Gasteiger partial charge on any atom is -0.395 e. The molecule has 2 nitrogen and oxygen atoms in total. The van der Waals surface area contributed by atoms with Gasteiger partial charge in [0.15, 0.2) is 0 Å². The molecule has 112 valence electrons. The van der Waals surface area contributed by atoms with Crippen molar-refractivity contribution in [2.45, 2.75) is 25.7 Å². The molecule has 0 aromatic heterocycles. The third-order valence-corrected chi connectivity index (χ3v) is 4.36. The van der Waals surface area contributed by atoms with Crippen LogP contribution in [-0.4, -0.2) is 23.4 Å². The van der Waals surface area contributed by atoms with Crippen LogP contribution >= 0.6 is 15.9 Å². The topological polar surface area (TPSA) is 40.5 Å². The lowest BCUT2D eigenvalue weighted by atomic mass is 9.76. The molecule has 2 N–H and O–H groups in total. The Bertz CT molecular complexity index is 598. The van der Waals surface area contributed by atoms with Crippen molar-refractivity contribution in [2.24, 2.45) is 0 Å². The van der Waals surface area contributed by atoms with Gasteiger partial charge in [0.2, 0.25) is 0 Å². The summed E-state index contributed by atoms with van der Waals surface area (Å²) in [6.45, 7) is 3.95. The molecule has 2 aromatic carbocycles. The Labute approximate surface area is 134 Å². The summed E-state index contributed by atoms with van der Waals surface area (Å²) in [7, 11) is 0. The number of aliphatic hydroxyl groups excluding tert-OH is 2. The minimum atomic E-state index is -0.663. The van der Waals surface area contributed by atoms with E-state index in [1.807, 2.05) is 24.3 Å². The maximum Gasteiger partial charge on any atom is 0.0553 e. The predicted molar refractivity (Wildman–Crippen MR) is 89.6 cm³/mol. The van der Waals surface area contributed by atoms with E-state index in [2.05, 4.69) is 48.0 Å². The molecule has 21 heavy (non-hydrogen) atoms. The molecule has 0 bridgehead atoms. The van der Waals surface area contributed by atoms with Gasteiger partial charge in [0.05, 0.1) is 13.2 Å². The van der Waals surface area contributed by atoms with E-state index >= 15 is 0 Å². The number of hydrogen-bond donors (Lipinski definition) is 2. The molecule has 0 atom stereocenters. The highest BCUT2D eigenvalue weighted by Crippen LogP contribution is 2.30. The van der Waals surface area contributed by atoms with E-state index in [0.29, 0.717) is 6.42 Å². The standard InChI is InChI=1S/C18H21BrO2/c1-13-6-14(2)8-15(7-13)10-18(11-20,12-21)16-4-3-5-17(19)9-16/h3-9,20-21H,10-12H2,1-2H3. The SMILES string of the molecule is Cc1cc(C)cc(CC(CO)(CO)c2cccc(Br)c2)c1. The number of halogens is 1. The molecule has 3 heteroatoms. The smallest absolute Gasteiger partial charge is 0.0553 e. The van der Waals surface area contributed by atoms with Crippen LogP contribution in [0.1, 0.15) is 22.3 Å². The average Bonchev–Trinajstić information content (AvgIpc) is 2.44. The second-order valence-electron chi connectivity index (χ2n) is 5.78. The van der Waals surface area contributed by atoms with Crippen molar-refractivity contribution in [1.82, 2.24) is 0 Å². The van der Waals surface area contributed by atoms with E-state index in [9.17, 15) is 10.2 Å². The lowest BCUT2D eigenvalue weighted by molar-refractivity contribution is 0.116. The van der Waals surface area contributed by atoms with Crippen LogP contribution in [0.15, 0.2) is 46.9 Å². The van der Waals surface area contributed by atoms with Crippen molar-refractivity contribution in [3.05, 3.63) is 69.2 Å². The number of rotatable bonds is 5. The Balaban J connectivity index is 2.42. The fourth-order valence-corrected chi connectivity index (χ4v) is 3.23. The molecule has 0 aliphatic carbocycles. The molecular formula is C18H21BrO2. The molecule has 0 saturated carbocycles. The largest absolute Gasteiger partial charge is 0.395 e. The fourth-order valence-electron chi connectivity index (χ4n) is 2.83. The minimum absolute atomic E-state index is 0.0903. The van der Waals surface area contributed by atoms with Gasteiger partial charge in [-0.1, -0.05) is 57.4 Å². The summed E-state index contributed by atoms with van der Waals surface area (Å²) in [4.78, 5) is 0. The van der Waals surface area contributed by atoms with Crippen molar-refractivity contribution in [1.29, 1.82) is 0 Å². The molecule has 0 saturated heterocycles. The molecule has 0 fully saturated rings. The number of aliphatic hydroxyl groups is 2. The van der Waals surface area contributed by atoms with Crippen molar-refractivity contribution in [2.75, 3.05) is 13.2 Å².